The number of carboxylic acids is 3. The molecule has 66 heavy (non-hydrogen) atoms. The molecular weight excluding hydrogens is 853 g/mol. The number of fused-ring (bicyclic) bond motifs is 6. The number of hydrogen-bond donors (Lipinski definition) is 3. The van der Waals surface area contributed by atoms with Gasteiger partial charge in [0.2, 0.25) is 16.3 Å². The Labute approximate surface area is 373 Å². The molecular formula is C51H42O15. The lowest BCUT2D eigenvalue weighted by Gasteiger charge is -2.10. The Balaban J connectivity index is 0.000000147. The second-order valence-electron chi connectivity index (χ2n) is 15.8. The van der Waals surface area contributed by atoms with Crippen molar-refractivity contribution in [1.82, 2.24) is 0 Å². The Morgan fingerprint density at radius 2 is 0.621 bits per heavy atom. The number of ether oxygens (including phenoxy) is 3. The van der Waals surface area contributed by atoms with Crippen molar-refractivity contribution in [3.05, 3.63) is 157 Å². The summed E-state index contributed by atoms with van der Waals surface area (Å²) in [5, 5.41) is 29.0. The highest BCUT2D eigenvalue weighted by Gasteiger charge is 2.15. The number of rotatable bonds is 9. The molecule has 0 unspecified atom stereocenters. The molecule has 0 saturated carbocycles. The van der Waals surface area contributed by atoms with Gasteiger partial charge in [-0.2, -0.15) is 0 Å². The van der Waals surface area contributed by atoms with Crippen LogP contribution >= 0.6 is 0 Å². The zero-order chi connectivity index (χ0) is 47.6. The average molecular weight is 895 g/mol. The van der Waals surface area contributed by atoms with Crippen molar-refractivity contribution in [1.29, 1.82) is 0 Å². The molecule has 15 heteroatoms. The molecule has 0 fully saturated rings. The highest BCUT2D eigenvalue weighted by Crippen LogP contribution is 2.27. The Kier molecular flexibility index (Phi) is 12.9. The first-order chi connectivity index (χ1) is 31.4. The molecule has 0 spiro atoms. The fourth-order valence-corrected chi connectivity index (χ4v) is 6.94. The molecule has 0 radical (unpaired) electrons. The van der Waals surface area contributed by atoms with Gasteiger partial charge in [-0.25, -0.2) is 14.4 Å². The minimum Gasteiger partial charge on any atom is -0.491 e. The van der Waals surface area contributed by atoms with Gasteiger partial charge >= 0.3 is 17.9 Å². The molecule has 0 amide bonds. The fraction of sp³-hybridized carbons (Fsp3) is 0.176. The largest absolute Gasteiger partial charge is 0.491 e. The standard InChI is InChI=1S/3C17H14O5/c3*1-9(2)21-11-4-5-12-15(8-11)22-14-6-3-10(17(19)20)7-13(14)16(12)18/h3*3-9H,1-2H3,(H,19,20). The van der Waals surface area contributed by atoms with Crippen LogP contribution in [0.3, 0.4) is 0 Å². The fourth-order valence-electron chi connectivity index (χ4n) is 6.94. The summed E-state index contributed by atoms with van der Waals surface area (Å²) in [5.41, 5.74) is 1.70. The molecule has 9 rings (SSSR count). The normalized spacial score (nSPS) is 11.2. The summed E-state index contributed by atoms with van der Waals surface area (Å²) >= 11 is 0. The van der Waals surface area contributed by atoms with Crippen LogP contribution in [-0.4, -0.2) is 51.5 Å². The summed E-state index contributed by atoms with van der Waals surface area (Å²) in [4.78, 5) is 70.6. The molecule has 15 nitrogen and oxygen atoms in total. The summed E-state index contributed by atoms with van der Waals surface area (Å²) < 4.78 is 33.9. The van der Waals surface area contributed by atoms with Gasteiger partial charge in [0.25, 0.3) is 0 Å². The van der Waals surface area contributed by atoms with E-state index in [1.165, 1.54) is 54.6 Å². The summed E-state index contributed by atoms with van der Waals surface area (Å²) in [6.07, 6.45) is 0.0493. The first kappa shape index (κ1) is 45.6. The number of carboxylic acid groups (broad SMARTS) is 3. The van der Waals surface area contributed by atoms with E-state index >= 15 is 0 Å². The second kappa shape index (κ2) is 18.7. The maximum absolute atomic E-state index is 12.5. The van der Waals surface area contributed by atoms with E-state index in [1.807, 2.05) is 41.5 Å². The van der Waals surface area contributed by atoms with Crippen molar-refractivity contribution in [2.75, 3.05) is 0 Å². The summed E-state index contributed by atoms with van der Waals surface area (Å²) in [6, 6.07) is 27.7. The van der Waals surface area contributed by atoms with Crippen LogP contribution in [0.1, 0.15) is 72.6 Å². The van der Waals surface area contributed by atoms with Crippen LogP contribution in [0.4, 0.5) is 0 Å². The van der Waals surface area contributed by atoms with Crippen LogP contribution in [-0.2, 0) is 0 Å². The number of aromatic carboxylic acids is 3. The SMILES string of the molecule is CC(C)Oc1ccc2c(=O)c3cc(C(=O)O)ccc3oc2c1.CC(C)Oc1ccc2c(=O)c3cc(C(=O)O)ccc3oc2c1.CC(C)Oc1ccc2c(=O)c3cc(C(=O)O)ccc3oc2c1. The molecule has 0 bridgehead atoms. The van der Waals surface area contributed by atoms with Crippen LogP contribution in [0.5, 0.6) is 17.2 Å². The van der Waals surface area contributed by atoms with Gasteiger partial charge in [-0.1, -0.05) is 0 Å². The van der Waals surface area contributed by atoms with Crippen molar-refractivity contribution < 1.29 is 57.2 Å². The molecule has 0 aliphatic heterocycles. The van der Waals surface area contributed by atoms with Crippen LogP contribution in [0.2, 0.25) is 0 Å². The van der Waals surface area contributed by atoms with E-state index in [4.69, 9.17) is 42.8 Å². The highest BCUT2D eigenvalue weighted by atomic mass is 16.5. The van der Waals surface area contributed by atoms with Crippen LogP contribution in [0.25, 0.3) is 65.8 Å². The van der Waals surface area contributed by atoms with Crippen molar-refractivity contribution in [2.45, 2.75) is 59.9 Å². The van der Waals surface area contributed by atoms with E-state index in [1.54, 1.807) is 54.6 Å². The quantitative estimate of drug-likeness (QED) is 0.114. The minimum atomic E-state index is -1.08. The summed E-state index contributed by atoms with van der Waals surface area (Å²) in [5.74, 6) is -1.39. The van der Waals surface area contributed by atoms with Gasteiger partial charge in [0.05, 0.1) is 67.3 Å². The topological polar surface area (TPSA) is 230 Å². The van der Waals surface area contributed by atoms with Gasteiger partial charge in [-0.15, -0.1) is 0 Å². The van der Waals surface area contributed by atoms with E-state index < -0.39 is 17.9 Å². The molecule has 0 aliphatic carbocycles. The smallest absolute Gasteiger partial charge is 0.335 e. The molecule has 336 valence electrons. The number of carbonyl (C=O) groups is 3. The van der Waals surface area contributed by atoms with Gasteiger partial charge in [0.1, 0.15) is 50.7 Å². The van der Waals surface area contributed by atoms with Crippen LogP contribution < -0.4 is 30.5 Å². The molecule has 6 aromatic carbocycles. The first-order valence-electron chi connectivity index (χ1n) is 20.6. The maximum Gasteiger partial charge on any atom is 0.335 e. The van der Waals surface area contributed by atoms with Crippen molar-refractivity contribution in [3.63, 3.8) is 0 Å². The van der Waals surface area contributed by atoms with E-state index in [0.717, 1.165) is 0 Å². The molecule has 0 saturated heterocycles. The Hall–Kier alpha value is -8.46. The zero-order valence-corrected chi connectivity index (χ0v) is 36.4. The molecule has 0 atom stereocenters. The lowest BCUT2D eigenvalue weighted by Crippen LogP contribution is -2.07. The average Bonchev–Trinajstić information content (AvgIpc) is 3.26. The zero-order valence-electron chi connectivity index (χ0n) is 36.4. The molecule has 3 aromatic heterocycles. The minimum absolute atomic E-state index is 0.0164. The summed E-state index contributed by atoms with van der Waals surface area (Å²) in [6.45, 7) is 11.5. The van der Waals surface area contributed by atoms with Gasteiger partial charge < -0.3 is 42.8 Å². The van der Waals surface area contributed by atoms with Crippen molar-refractivity contribution in [2.24, 2.45) is 0 Å². The summed E-state index contributed by atoms with van der Waals surface area (Å²) in [7, 11) is 0. The third-order valence-electron chi connectivity index (χ3n) is 9.78. The predicted molar refractivity (Wildman–Crippen MR) is 248 cm³/mol. The van der Waals surface area contributed by atoms with Gasteiger partial charge in [0.15, 0.2) is 0 Å². The van der Waals surface area contributed by atoms with Gasteiger partial charge in [0, 0.05) is 18.2 Å². The third-order valence-corrected chi connectivity index (χ3v) is 9.78. The lowest BCUT2D eigenvalue weighted by molar-refractivity contribution is 0.0686. The third kappa shape index (κ3) is 9.85. The van der Waals surface area contributed by atoms with Crippen molar-refractivity contribution >= 4 is 83.7 Å². The second-order valence-corrected chi connectivity index (χ2v) is 15.8. The van der Waals surface area contributed by atoms with Crippen LogP contribution in [0, 0.1) is 0 Å². The molecule has 3 heterocycles. The molecule has 9 aromatic rings. The Morgan fingerprint density at radius 3 is 0.848 bits per heavy atom. The van der Waals surface area contributed by atoms with Crippen molar-refractivity contribution in [3.8, 4) is 17.2 Å². The maximum atomic E-state index is 12.5. The number of benzene rings is 6. The van der Waals surface area contributed by atoms with Crippen LogP contribution in [0.15, 0.2) is 137 Å². The predicted octanol–water partition coefficient (Wildman–Crippen LogP) is 10.3. The van der Waals surface area contributed by atoms with Gasteiger partial charge in [-0.05, 0) is 133 Å². The first-order valence-corrected chi connectivity index (χ1v) is 20.6. The van der Waals surface area contributed by atoms with E-state index in [0.29, 0.717) is 66.9 Å². The molecule has 3 N–H and O–H groups in total. The van der Waals surface area contributed by atoms with E-state index in [9.17, 15) is 28.8 Å². The van der Waals surface area contributed by atoms with Gasteiger partial charge in [-0.3, -0.25) is 14.4 Å². The van der Waals surface area contributed by atoms with E-state index in [-0.39, 0.29) is 67.4 Å². The monoisotopic (exact) mass is 894 g/mol. The Bertz CT molecular complexity index is 3180. The van der Waals surface area contributed by atoms with E-state index in [2.05, 4.69) is 0 Å². The lowest BCUT2D eigenvalue weighted by atomic mass is 10.1. The molecule has 0 aliphatic rings. The number of hydrogen-bond acceptors (Lipinski definition) is 12. The Morgan fingerprint density at radius 1 is 0.364 bits per heavy atom. The highest BCUT2D eigenvalue weighted by molar-refractivity contribution is 5.98.